The zero-order chi connectivity index (χ0) is 34.6. The van der Waals surface area contributed by atoms with Gasteiger partial charge in [-0.05, 0) is 97.1 Å². The van der Waals surface area contributed by atoms with Crippen molar-refractivity contribution in [2.75, 3.05) is 0 Å². The molecule has 0 N–H and O–H groups in total. The Hall–Kier alpha value is -7.36. The lowest BCUT2D eigenvalue weighted by Gasteiger charge is -2.12. The van der Waals surface area contributed by atoms with E-state index in [9.17, 15) is 5.26 Å². The fourth-order valence-corrected chi connectivity index (χ4v) is 7.38. The number of aromatic nitrogens is 5. The highest BCUT2D eigenvalue weighted by Gasteiger charge is 2.16. The Labute approximate surface area is 299 Å². The van der Waals surface area contributed by atoms with E-state index in [4.69, 9.17) is 15.0 Å². The Balaban J connectivity index is 1.08. The second kappa shape index (κ2) is 11.9. The van der Waals surface area contributed by atoms with E-state index in [0.717, 1.165) is 50.1 Å². The minimum absolute atomic E-state index is 0.544. The maximum Gasteiger partial charge on any atom is 0.164 e. The van der Waals surface area contributed by atoms with E-state index in [-0.39, 0.29) is 0 Å². The summed E-state index contributed by atoms with van der Waals surface area (Å²) in [5.41, 5.74) is 9.91. The van der Waals surface area contributed by atoms with Crippen LogP contribution in [0.1, 0.15) is 5.56 Å². The minimum Gasteiger partial charge on any atom is -0.309 e. The molecule has 0 aliphatic heterocycles. The highest BCUT2D eigenvalue weighted by atomic mass is 15.0. The molecule has 0 saturated carbocycles. The molecule has 0 spiro atoms. The summed E-state index contributed by atoms with van der Waals surface area (Å²) in [6.45, 7) is 0. The molecule has 0 aliphatic carbocycles. The van der Waals surface area contributed by atoms with Crippen molar-refractivity contribution in [3.8, 4) is 51.6 Å². The largest absolute Gasteiger partial charge is 0.309 e. The van der Waals surface area contributed by atoms with Gasteiger partial charge in [0.25, 0.3) is 0 Å². The average molecular weight is 665 g/mol. The van der Waals surface area contributed by atoms with Crippen LogP contribution >= 0.6 is 0 Å². The molecule has 0 amide bonds. The summed E-state index contributed by atoms with van der Waals surface area (Å²) >= 11 is 0. The van der Waals surface area contributed by atoms with Crippen molar-refractivity contribution in [3.63, 3.8) is 0 Å². The summed E-state index contributed by atoms with van der Waals surface area (Å²) in [5.74, 6) is 1.69. The van der Waals surface area contributed by atoms with Gasteiger partial charge in [0.15, 0.2) is 17.5 Å². The average Bonchev–Trinajstić information content (AvgIpc) is 3.74. The van der Waals surface area contributed by atoms with Gasteiger partial charge < -0.3 is 9.13 Å². The SMILES string of the molecule is N#Cc1ccc(-c2nc(-c3ccc(-n4c5ccccc5c5ccccc54)cc3)nc(-c3ccc(-n4c5ccccc5c5ccccc54)cc3)n2)cc1. The van der Waals surface area contributed by atoms with Crippen LogP contribution in [0, 0.1) is 11.3 Å². The first-order valence-corrected chi connectivity index (χ1v) is 17.2. The van der Waals surface area contributed by atoms with E-state index in [2.05, 4.69) is 161 Å². The molecule has 10 rings (SSSR count). The van der Waals surface area contributed by atoms with Crippen LogP contribution < -0.4 is 0 Å². The predicted molar refractivity (Wildman–Crippen MR) is 210 cm³/mol. The third-order valence-corrected chi connectivity index (χ3v) is 9.84. The van der Waals surface area contributed by atoms with Crippen molar-refractivity contribution in [3.05, 3.63) is 175 Å². The van der Waals surface area contributed by atoms with Crippen LogP contribution in [0.5, 0.6) is 0 Å². The monoisotopic (exact) mass is 664 g/mol. The van der Waals surface area contributed by atoms with Gasteiger partial charge in [0.05, 0.1) is 33.7 Å². The predicted octanol–water partition coefficient (Wildman–Crippen LogP) is 10.9. The Bertz CT molecular complexity index is 2720. The molecular weight excluding hydrogens is 637 g/mol. The van der Waals surface area contributed by atoms with Gasteiger partial charge in [0.2, 0.25) is 0 Å². The molecule has 0 aliphatic rings. The maximum absolute atomic E-state index is 9.41. The lowest BCUT2D eigenvalue weighted by atomic mass is 10.1. The van der Waals surface area contributed by atoms with Crippen LogP contribution in [-0.4, -0.2) is 24.1 Å². The standard InChI is InChI=1S/C46H28N6/c47-29-30-17-19-31(20-18-30)44-48-45(32-21-25-34(26-22-32)51-40-13-5-1-9-36(40)37-10-2-6-14-41(37)51)50-46(49-44)33-23-27-35(28-24-33)52-42-15-7-3-11-38(42)39-12-4-8-16-43(39)52/h1-28H. The van der Waals surface area contributed by atoms with Crippen LogP contribution in [-0.2, 0) is 0 Å². The molecule has 0 atom stereocenters. The van der Waals surface area contributed by atoms with Gasteiger partial charge in [0.1, 0.15) is 0 Å². The number of benzene rings is 7. The number of para-hydroxylation sites is 4. The summed E-state index contributed by atoms with van der Waals surface area (Å²) in [6.07, 6.45) is 0. The first kappa shape index (κ1) is 29.5. The molecule has 10 aromatic rings. The molecule has 0 fully saturated rings. The van der Waals surface area contributed by atoms with E-state index >= 15 is 0 Å². The van der Waals surface area contributed by atoms with Gasteiger partial charge in [0, 0.05) is 49.6 Å². The van der Waals surface area contributed by atoms with Crippen molar-refractivity contribution in [1.82, 2.24) is 24.1 Å². The second-order valence-corrected chi connectivity index (χ2v) is 12.8. The number of fused-ring (bicyclic) bond motifs is 6. The number of hydrogen-bond acceptors (Lipinski definition) is 4. The molecular formula is C46H28N6. The smallest absolute Gasteiger partial charge is 0.164 e. The molecule has 6 heteroatoms. The second-order valence-electron chi connectivity index (χ2n) is 12.8. The molecule has 7 aromatic carbocycles. The van der Waals surface area contributed by atoms with Gasteiger partial charge in [-0.3, -0.25) is 0 Å². The Morgan fingerprint density at radius 2 is 0.635 bits per heavy atom. The van der Waals surface area contributed by atoms with Crippen molar-refractivity contribution >= 4 is 43.6 Å². The quantitative estimate of drug-likeness (QED) is 0.184. The van der Waals surface area contributed by atoms with Crippen LogP contribution in [0.25, 0.3) is 89.2 Å². The molecule has 0 unspecified atom stereocenters. The lowest BCUT2D eigenvalue weighted by Crippen LogP contribution is -2.01. The fraction of sp³-hybridized carbons (Fsp3) is 0. The van der Waals surface area contributed by atoms with Gasteiger partial charge >= 0.3 is 0 Å². The number of rotatable bonds is 5. The van der Waals surface area contributed by atoms with Crippen LogP contribution in [0.4, 0.5) is 0 Å². The van der Waals surface area contributed by atoms with Crippen LogP contribution in [0.3, 0.4) is 0 Å². The maximum atomic E-state index is 9.41. The molecule has 0 radical (unpaired) electrons. The van der Waals surface area contributed by atoms with E-state index in [1.807, 2.05) is 12.1 Å². The fourth-order valence-electron chi connectivity index (χ4n) is 7.38. The minimum atomic E-state index is 0.544. The molecule has 242 valence electrons. The first-order valence-electron chi connectivity index (χ1n) is 17.2. The summed E-state index contributed by atoms with van der Waals surface area (Å²) in [5, 5.41) is 14.3. The summed E-state index contributed by atoms with van der Waals surface area (Å²) < 4.78 is 4.60. The van der Waals surface area contributed by atoms with E-state index in [1.165, 1.54) is 21.5 Å². The third kappa shape index (κ3) is 4.76. The lowest BCUT2D eigenvalue weighted by molar-refractivity contribution is 1.07. The highest BCUT2D eigenvalue weighted by molar-refractivity contribution is 6.10. The van der Waals surface area contributed by atoms with Crippen molar-refractivity contribution in [1.29, 1.82) is 5.26 Å². The van der Waals surface area contributed by atoms with Gasteiger partial charge in [-0.1, -0.05) is 72.8 Å². The molecule has 3 heterocycles. The molecule has 3 aromatic heterocycles. The van der Waals surface area contributed by atoms with Gasteiger partial charge in [-0.25, -0.2) is 15.0 Å². The summed E-state index contributed by atoms with van der Waals surface area (Å²) in [6, 6.07) is 60.4. The van der Waals surface area contributed by atoms with Crippen LogP contribution in [0.2, 0.25) is 0 Å². The number of nitrogens with zero attached hydrogens (tertiary/aromatic N) is 6. The number of hydrogen-bond donors (Lipinski definition) is 0. The topological polar surface area (TPSA) is 72.3 Å². The van der Waals surface area contributed by atoms with E-state index in [1.54, 1.807) is 12.1 Å². The van der Waals surface area contributed by atoms with Crippen molar-refractivity contribution < 1.29 is 0 Å². The molecule has 52 heavy (non-hydrogen) atoms. The van der Waals surface area contributed by atoms with Gasteiger partial charge in [-0.2, -0.15) is 5.26 Å². The molecule has 6 nitrogen and oxygen atoms in total. The summed E-state index contributed by atoms with van der Waals surface area (Å²) in [4.78, 5) is 14.9. The zero-order valence-electron chi connectivity index (χ0n) is 27.8. The molecule has 0 saturated heterocycles. The Kier molecular flexibility index (Phi) is 6.76. The molecule has 0 bridgehead atoms. The van der Waals surface area contributed by atoms with Crippen LogP contribution in [0.15, 0.2) is 170 Å². The van der Waals surface area contributed by atoms with Gasteiger partial charge in [-0.15, -0.1) is 0 Å². The van der Waals surface area contributed by atoms with E-state index in [0.29, 0.717) is 23.0 Å². The zero-order valence-corrected chi connectivity index (χ0v) is 27.8. The normalized spacial score (nSPS) is 11.4. The Morgan fingerprint density at radius 1 is 0.346 bits per heavy atom. The Morgan fingerprint density at radius 3 is 0.942 bits per heavy atom. The number of nitriles is 1. The first-order chi connectivity index (χ1) is 25.7. The highest BCUT2D eigenvalue weighted by Crippen LogP contribution is 2.34. The third-order valence-electron chi connectivity index (χ3n) is 9.84. The van der Waals surface area contributed by atoms with Crippen molar-refractivity contribution in [2.24, 2.45) is 0 Å². The summed E-state index contributed by atoms with van der Waals surface area (Å²) in [7, 11) is 0. The van der Waals surface area contributed by atoms with Crippen molar-refractivity contribution in [2.45, 2.75) is 0 Å². The van der Waals surface area contributed by atoms with E-state index < -0.39 is 0 Å².